The van der Waals surface area contributed by atoms with Crippen LogP contribution in [-0.4, -0.2) is 22.3 Å². The van der Waals surface area contributed by atoms with Gasteiger partial charge in [-0.1, -0.05) is 36.4 Å². The number of anilines is 2. The minimum atomic E-state index is -0.343. The molecule has 0 bridgehead atoms. The Labute approximate surface area is 173 Å². The Hall–Kier alpha value is -3.60. The third-order valence-corrected chi connectivity index (χ3v) is 6.32. The number of para-hydroxylation sites is 1. The maximum absolute atomic E-state index is 14.2. The van der Waals surface area contributed by atoms with E-state index in [9.17, 15) is 9.18 Å². The molecule has 0 saturated heterocycles. The molecule has 30 heavy (non-hydrogen) atoms. The fourth-order valence-corrected chi connectivity index (χ4v) is 5.01. The summed E-state index contributed by atoms with van der Waals surface area (Å²) >= 11 is 0. The molecule has 4 aromatic rings. The fraction of sp³-hybridized carbons (Fsp3) is 0.160. The van der Waals surface area contributed by atoms with Crippen molar-refractivity contribution in [2.45, 2.75) is 19.5 Å². The maximum Gasteiger partial charge on any atom is 0.258 e. The van der Waals surface area contributed by atoms with Crippen LogP contribution in [0.3, 0.4) is 0 Å². The highest BCUT2D eigenvalue weighted by atomic mass is 19.1. The largest absolute Gasteiger partial charge is 0.355 e. The zero-order valence-corrected chi connectivity index (χ0v) is 16.5. The molecule has 4 nitrogen and oxygen atoms in total. The van der Waals surface area contributed by atoms with Crippen LogP contribution in [0.15, 0.2) is 66.7 Å². The Morgan fingerprint density at radius 3 is 2.73 bits per heavy atom. The fourth-order valence-electron chi connectivity index (χ4n) is 5.01. The molecule has 0 saturated carbocycles. The Balaban J connectivity index is 1.66. The number of carbonyl (C=O) groups is 1. The van der Waals surface area contributed by atoms with Crippen molar-refractivity contribution >= 4 is 28.2 Å². The number of rotatable bonds is 1. The monoisotopic (exact) mass is 397 g/mol. The first-order valence-corrected chi connectivity index (χ1v) is 10.2. The summed E-state index contributed by atoms with van der Waals surface area (Å²) in [4.78, 5) is 21.1. The number of H-pyrrole nitrogens is 1. The Morgan fingerprint density at radius 2 is 1.87 bits per heavy atom. The van der Waals surface area contributed by atoms with Gasteiger partial charge in [-0.2, -0.15) is 0 Å². The lowest BCUT2D eigenvalue weighted by Crippen LogP contribution is -2.51. The molecule has 0 aliphatic carbocycles. The predicted octanol–water partition coefficient (Wildman–Crippen LogP) is 5.46. The normalized spacial score (nSPS) is 17.7. The number of nitrogens with zero attached hydrogens (tertiary/aromatic N) is 2. The summed E-state index contributed by atoms with van der Waals surface area (Å²) in [6.07, 6.45) is 0.449. The Morgan fingerprint density at radius 1 is 1.03 bits per heavy atom. The molecule has 5 heteroatoms. The van der Waals surface area contributed by atoms with Crippen LogP contribution in [0.2, 0.25) is 0 Å². The number of nitrogens with one attached hydrogen (secondary N) is 1. The smallest absolute Gasteiger partial charge is 0.258 e. The van der Waals surface area contributed by atoms with Gasteiger partial charge in [-0.25, -0.2) is 4.39 Å². The van der Waals surface area contributed by atoms with Crippen molar-refractivity contribution in [2.75, 3.05) is 11.4 Å². The Bertz CT molecular complexity index is 1330. The molecule has 1 atom stereocenters. The molecule has 6 rings (SSSR count). The summed E-state index contributed by atoms with van der Waals surface area (Å²) in [6, 6.07) is 20.7. The lowest BCUT2D eigenvalue weighted by atomic mass is 9.93. The van der Waals surface area contributed by atoms with Gasteiger partial charge in [0, 0.05) is 23.1 Å². The van der Waals surface area contributed by atoms with Crippen molar-refractivity contribution in [1.82, 2.24) is 9.88 Å². The number of hydrogen-bond acceptors (Lipinski definition) is 2. The summed E-state index contributed by atoms with van der Waals surface area (Å²) in [5.41, 5.74) is 6.47. The quantitative estimate of drug-likeness (QED) is 0.463. The number of fused-ring (bicyclic) bond motifs is 6. The SMILES string of the molecule is Cc1cccc2c1C(=O)N1CCc3c([nH]c4ccccc34)C1N2c1cccc(F)c1. The van der Waals surface area contributed by atoms with Crippen molar-refractivity contribution in [1.29, 1.82) is 0 Å². The van der Waals surface area contributed by atoms with E-state index in [1.54, 1.807) is 6.07 Å². The van der Waals surface area contributed by atoms with E-state index in [1.807, 2.05) is 48.2 Å². The number of halogens is 1. The molecule has 0 fully saturated rings. The molecule has 0 radical (unpaired) electrons. The molecular formula is C25H20FN3O. The summed E-state index contributed by atoms with van der Waals surface area (Å²) < 4.78 is 14.2. The molecule has 3 heterocycles. The van der Waals surface area contributed by atoms with E-state index in [4.69, 9.17) is 0 Å². The van der Waals surface area contributed by atoms with Crippen molar-refractivity contribution in [2.24, 2.45) is 0 Å². The van der Waals surface area contributed by atoms with Gasteiger partial charge in [0.2, 0.25) is 0 Å². The number of aryl methyl sites for hydroxylation is 1. The second-order valence-corrected chi connectivity index (χ2v) is 8.00. The number of aromatic nitrogens is 1. The first-order chi connectivity index (χ1) is 14.6. The van der Waals surface area contributed by atoms with Crippen molar-refractivity contribution < 1.29 is 9.18 Å². The summed E-state index contributed by atoms with van der Waals surface area (Å²) in [5.74, 6) is -0.261. The van der Waals surface area contributed by atoms with Gasteiger partial charge in [0.05, 0.1) is 16.9 Å². The van der Waals surface area contributed by atoms with Gasteiger partial charge in [0.1, 0.15) is 5.82 Å². The van der Waals surface area contributed by atoms with Gasteiger partial charge in [-0.05, 0) is 54.8 Å². The first kappa shape index (κ1) is 17.3. The van der Waals surface area contributed by atoms with E-state index in [2.05, 4.69) is 22.0 Å². The lowest BCUT2D eigenvalue weighted by Gasteiger charge is -2.48. The zero-order chi connectivity index (χ0) is 20.4. The molecule has 1 unspecified atom stereocenters. The molecular weight excluding hydrogens is 377 g/mol. The molecule has 0 spiro atoms. The molecule has 2 aliphatic rings. The Kier molecular flexibility index (Phi) is 3.57. The number of aromatic amines is 1. The van der Waals surface area contributed by atoms with Crippen LogP contribution in [0, 0.1) is 12.7 Å². The highest BCUT2D eigenvalue weighted by molar-refractivity contribution is 6.05. The number of benzene rings is 3. The van der Waals surface area contributed by atoms with Crippen LogP contribution in [0.5, 0.6) is 0 Å². The minimum Gasteiger partial charge on any atom is -0.355 e. The van der Waals surface area contributed by atoms with Crippen LogP contribution in [-0.2, 0) is 6.42 Å². The van der Waals surface area contributed by atoms with E-state index < -0.39 is 0 Å². The second-order valence-electron chi connectivity index (χ2n) is 8.00. The van der Waals surface area contributed by atoms with Gasteiger partial charge in [0.15, 0.2) is 6.17 Å². The van der Waals surface area contributed by atoms with Crippen molar-refractivity contribution in [3.05, 3.63) is 94.9 Å². The van der Waals surface area contributed by atoms with E-state index in [1.165, 1.54) is 23.1 Å². The van der Waals surface area contributed by atoms with E-state index in [0.717, 1.165) is 34.6 Å². The van der Waals surface area contributed by atoms with Gasteiger partial charge in [-0.3, -0.25) is 4.79 Å². The third kappa shape index (κ3) is 2.29. The van der Waals surface area contributed by atoms with Crippen LogP contribution in [0.4, 0.5) is 15.8 Å². The molecule has 148 valence electrons. The molecule has 3 aromatic carbocycles. The second kappa shape index (κ2) is 6.20. The van der Waals surface area contributed by atoms with Crippen molar-refractivity contribution in [3.63, 3.8) is 0 Å². The average molecular weight is 397 g/mol. The summed E-state index contributed by atoms with van der Waals surface area (Å²) in [6.45, 7) is 2.58. The van der Waals surface area contributed by atoms with E-state index in [-0.39, 0.29) is 17.9 Å². The maximum atomic E-state index is 14.2. The molecule has 2 aliphatic heterocycles. The highest BCUT2D eigenvalue weighted by Gasteiger charge is 2.44. The molecule has 1 N–H and O–H groups in total. The third-order valence-electron chi connectivity index (χ3n) is 6.32. The summed E-state index contributed by atoms with van der Waals surface area (Å²) in [7, 11) is 0. The van der Waals surface area contributed by atoms with Gasteiger partial charge < -0.3 is 14.8 Å². The van der Waals surface area contributed by atoms with Crippen LogP contribution in [0.1, 0.15) is 33.3 Å². The van der Waals surface area contributed by atoms with E-state index >= 15 is 0 Å². The van der Waals surface area contributed by atoms with Crippen LogP contribution in [0.25, 0.3) is 10.9 Å². The lowest BCUT2D eigenvalue weighted by molar-refractivity contribution is 0.0641. The van der Waals surface area contributed by atoms with Gasteiger partial charge >= 0.3 is 0 Å². The van der Waals surface area contributed by atoms with Crippen molar-refractivity contribution in [3.8, 4) is 0 Å². The molecule has 1 aromatic heterocycles. The van der Waals surface area contributed by atoms with Crippen LogP contribution < -0.4 is 4.90 Å². The molecule has 1 amide bonds. The summed E-state index contributed by atoms with van der Waals surface area (Å²) in [5, 5.41) is 1.19. The average Bonchev–Trinajstić information content (AvgIpc) is 3.13. The minimum absolute atomic E-state index is 0.0325. The highest BCUT2D eigenvalue weighted by Crippen LogP contribution is 2.48. The van der Waals surface area contributed by atoms with Gasteiger partial charge in [-0.15, -0.1) is 0 Å². The number of carbonyl (C=O) groups excluding carboxylic acids is 1. The number of hydrogen-bond donors (Lipinski definition) is 1. The van der Waals surface area contributed by atoms with Gasteiger partial charge in [0.25, 0.3) is 5.91 Å². The first-order valence-electron chi connectivity index (χ1n) is 10.2. The van der Waals surface area contributed by atoms with Crippen LogP contribution >= 0.6 is 0 Å². The zero-order valence-electron chi connectivity index (χ0n) is 16.5. The number of amides is 1. The predicted molar refractivity (Wildman–Crippen MR) is 115 cm³/mol. The standard InChI is InChI=1S/C25H20FN3O/c1-15-6-4-11-21-22(15)25(30)28-13-12-19-18-9-2-3-10-20(18)27-23(19)24(28)29(21)17-8-5-7-16(26)14-17/h2-11,14,24,27H,12-13H2,1H3. The topological polar surface area (TPSA) is 39.3 Å². The van der Waals surface area contributed by atoms with E-state index in [0.29, 0.717) is 12.1 Å².